The van der Waals surface area contributed by atoms with Gasteiger partial charge < -0.3 is 15.2 Å². The van der Waals surface area contributed by atoms with Crippen molar-refractivity contribution in [2.45, 2.75) is 6.54 Å². The number of aromatic nitrogens is 4. The molecule has 0 saturated carbocycles. The van der Waals surface area contributed by atoms with Crippen LogP contribution in [0.3, 0.4) is 0 Å². The van der Waals surface area contributed by atoms with Crippen molar-refractivity contribution in [3.63, 3.8) is 0 Å². The summed E-state index contributed by atoms with van der Waals surface area (Å²) in [6.45, 7) is 0.232. The zero-order valence-electron chi connectivity index (χ0n) is 18.6. The van der Waals surface area contributed by atoms with Crippen molar-refractivity contribution >= 4 is 33.5 Å². The Morgan fingerprint density at radius 1 is 0.886 bits per heavy atom. The molecule has 0 aliphatic heterocycles. The number of para-hydroxylation sites is 2. The molecular formula is C27H20N6O2. The number of benzene rings is 3. The molecule has 0 atom stereocenters. The number of carbonyl (C=O) groups excluding carboxylic acids is 1. The first kappa shape index (κ1) is 20.6. The maximum Gasteiger partial charge on any atom is 0.319 e. The molecule has 8 heteroatoms. The van der Waals surface area contributed by atoms with Crippen LogP contribution in [-0.4, -0.2) is 25.7 Å². The fourth-order valence-corrected chi connectivity index (χ4v) is 3.96. The average Bonchev–Trinajstić information content (AvgIpc) is 3.55. The Morgan fingerprint density at radius 2 is 1.74 bits per heavy atom. The van der Waals surface area contributed by atoms with Gasteiger partial charge in [0.05, 0.1) is 29.5 Å². The maximum atomic E-state index is 12.4. The van der Waals surface area contributed by atoms with E-state index in [-0.39, 0.29) is 12.6 Å². The molecule has 170 valence electrons. The van der Waals surface area contributed by atoms with Gasteiger partial charge in [-0.25, -0.2) is 14.8 Å². The monoisotopic (exact) mass is 460 g/mol. The predicted molar refractivity (Wildman–Crippen MR) is 134 cm³/mol. The topological polar surface area (TPSA) is 97.9 Å². The number of nitrogens with one attached hydrogen (secondary N) is 2. The van der Waals surface area contributed by atoms with E-state index in [2.05, 4.69) is 44.0 Å². The van der Waals surface area contributed by atoms with Gasteiger partial charge in [-0.2, -0.15) is 0 Å². The minimum Gasteiger partial charge on any atom is -0.356 e. The fraction of sp³-hybridized carbons (Fsp3) is 0.0370. The molecule has 0 spiro atoms. The summed E-state index contributed by atoms with van der Waals surface area (Å²) in [5.41, 5.74) is 4.00. The Balaban J connectivity index is 1.08. The van der Waals surface area contributed by atoms with E-state index in [1.54, 1.807) is 18.6 Å². The number of urea groups is 1. The van der Waals surface area contributed by atoms with Crippen molar-refractivity contribution in [1.82, 2.24) is 25.0 Å². The van der Waals surface area contributed by atoms with Crippen molar-refractivity contribution in [3.8, 4) is 17.1 Å². The molecule has 3 aromatic heterocycles. The molecule has 0 bridgehead atoms. The van der Waals surface area contributed by atoms with E-state index in [0.717, 1.165) is 27.4 Å². The highest BCUT2D eigenvalue weighted by Crippen LogP contribution is 2.25. The first-order valence-corrected chi connectivity index (χ1v) is 11.1. The largest absolute Gasteiger partial charge is 0.356 e. The Labute approximate surface area is 200 Å². The number of fused-ring (bicyclic) bond motifs is 2. The second kappa shape index (κ2) is 8.75. The Kier molecular flexibility index (Phi) is 5.16. The van der Waals surface area contributed by atoms with E-state index in [1.807, 2.05) is 65.2 Å². The van der Waals surface area contributed by atoms with Gasteiger partial charge in [-0.1, -0.05) is 53.7 Å². The van der Waals surface area contributed by atoms with Gasteiger partial charge in [0.1, 0.15) is 17.8 Å². The number of imidazole rings is 1. The molecule has 2 N–H and O–H groups in total. The number of hydrogen-bond donors (Lipinski definition) is 2. The minimum atomic E-state index is -0.358. The zero-order chi connectivity index (χ0) is 23.6. The van der Waals surface area contributed by atoms with Gasteiger partial charge in [-0.05, 0) is 41.1 Å². The molecule has 6 aromatic rings. The Bertz CT molecular complexity index is 1650. The van der Waals surface area contributed by atoms with Gasteiger partial charge in [-0.3, -0.25) is 4.57 Å². The van der Waals surface area contributed by atoms with E-state index < -0.39 is 0 Å². The smallest absolute Gasteiger partial charge is 0.319 e. The SMILES string of the molecule is O=C(NCc1cc(-c2ccc3ccccc3c2)on1)Nc1ccc(-n2cnc3ccccc32)nc1. The van der Waals surface area contributed by atoms with Crippen LogP contribution in [0.5, 0.6) is 0 Å². The molecule has 6 rings (SSSR count). The molecule has 8 nitrogen and oxygen atoms in total. The maximum absolute atomic E-state index is 12.4. The van der Waals surface area contributed by atoms with Crippen LogP contribution in [0.15, 0.2) is 102 Å². The predicted octanol–water partition coefficient (Wildman–Crippen LogP) is 5.55. The molecule has 0 aliphatic rings. The van der Waals surface area contributed by atoms with Crippen molar-refractivity contribution in [2.75, 3.05) is 5.32 Å². The van der Waals surface area contributed by atoms with Crippen LogP contribution in [0.25, 0.3) is 38.9 Å². The Morgan fingerprint density at radius 3 is 2.63 bits per heavy atom. The quantitative estimate of drug-likeness (QED) is 0.351. The summed E-state index contributed by atoms with van der Waals surface area (Å²) in [4.78, 5) is 21.2. The third kappa shape index (κ3) is 4.20. The lowest BCUT2D eigenvalue weighted by Crippen LogP contribution is -2.28. The van der Waals surface area contributed by atoms with Gasteiger partial charge in [0.25, 0.3) is 0 Å². The van der Waals surface area contributed by atoms with Crippen LogP contribution >= 0.6 is 0 Å². The fourth-order valence-electron chi connectivity index (χ4n) is 3.96. The van der Waals surface area contributed by atoms with Crippen LogP contribution in [0.2, 0.25) is 0 Å². The molecule has 3 aromatic carbocycles. The standard InChI is InChI=1S/C27H20N6O2/c34-27(31-21-11-12-26(28-15-21)33-17-30-23-7-3-4-8-24(23)33)29-16-22-14-25(35-32-22)20-10-9-18-5-1-2-6-19(18)13-20/h1-15,17H,16H2,(H2,29,31,34). The van der Waals surface area contributed by atoms with Gasteiger partial charge >= 0.3 is 6.03 Å². The van der Waals surface area contributed by atoms with Crippen LogP contribution in [-0.2, 0) is 6.54 Å². The number of hydrogen-bond acceptors (Lipinski definition) is 5. The summed E-state index contributed by atoms with van der Waals surface area (Å²) in [5.74, 6) is 1.37. The van der Waals surface area contributed by atoms with Crippen LogP contribution in [0.4, 0.5) is 10.5 Å². The van der Waals surface area contributed by atoms with E-state index in [9.17, 15) is 4.79 Å². The molecular weight excluding hydrogens is 440 g/mol. The Hall–Kier alpha value is -4.98. The summed E-state index contributed by atoms with van der Waals surface area (Å²) < 4.78 is 7.39. The van der Waals surface area contributed by atoms with Crippen LogP contribution in [0, 0.1) is 0 Å². The van der Waals surface area contributed by atoms with Crippen LogP contribution in [0.1, 0.15) is 5.69 Å². The normalized spacial score (nSPS) is 11.1. The lowest BCUT2D eigenvalue weighted by molar-refractivity contribution is 0.251. The van der Waals surface area contributed by atoms with Crippen molar-refractivity contribution in [1.29, 1.82) is 0 Å². The molecule has 3 heterocycles. The van der Waals surface area contributed by atoms with Gasteiger partial charge in [0.15, 0.2) is 5.76 Å². The van der Waals surface area contributed by atoms with Gasteiger partial charge in [0, 0.05) is 11.6 Å². The molecule has 0 unspecified atom stereocenters. The number of nitrogens with zero attached hydrogens (tertiary/aromatic N) is 4. The highest BCUT2D eigenvalue weighted by atomic mass is 16.5. The van der Waals surface area contributed by atoms with Crippen molar-refractivity contribution in [2.24, 2.45) is 0 Å². The van der Waals surface area contributed by atoms with E-state index in [0.29, 0.717) is 23.0 Å². The molecule has 0 aliphatic carbocycles. The van der Waals surface area contributed by atoms with E-state index in [4.69, 9.17) is 4.52 Å². The summed E-state index contributed by atoms with van der Waals surface area (Å²) in [6.07, 6.45) is 3.34. The molecule has 0 radical (unpaired) electrons. The second-order valence-electron chi connectivity index (χ2n) is 8.06. The van der Waals surface area contributed by atoms with E-state index >= 15 is 0 Å². The number of carbonyl (C=O) groups is 1. The lowest BCUT2D eigenvalue weighted by atomic mass is 10.1. The number of pyridine rings is 1. The van der Waals surface area contributed by atoms with Crippen molar-refractivity contribution < 1.29 is 9.32 Å². The first-order valence-electron chi connectivity index (χ1n) is 11.1. The van der Waals surface area contributed by atoms with Gasteiger partial charge in [-0.15, -0.1) is 0 Å². The highest BCUT2D eigenvalue weighted by Gasteiger charge is 2.10. The third-order valence-corrected chi connectivity index (χ3v) is 5.73. The van der Waals surface area contributed by atoms with Crippen LogP contribution < -0.4 is 10.6 Å². The number of rotatable bonds is 5. The van der Waals surface area contributed by atoms with Gasteiger partial charge in [0.2, 0.25) is 0 Å². The number of anilines is 1. The third-order valence-electron chi connectivity index (χ3n) is 5.73. The molecule has 2 amide bonds. The summed E-state index contributed by atoms with van der Waals surface area (Å²) >= 11 is 0. The lowest BCUT2D eigenvalue weighted by Gasteiger charge is -2.07. The molecule has 0 fully saturated rings. The highest BCUT2D eigenvalue weighted by molar-refractivity contribution is 5.89. The summed E-state index contributed by atoms with van der Waals surface area (Å²) in [6, 6.07) is 27.2. The number of amides is 2. The second-order valence-corrected chi connectivity index (χ2v) is 8.06. The van der Waals surface area contributed by atoms with Crippen molar-refractivity contribution in [3.05, 3.63) is 103 Å². The average molecular weight is 460 g/mol. The summed E-state index contributed by atoms with van der Waals surface area (Å²) in [7, 11) is 0. The zero-order valence-corrected chi connectivity index (χ0v) is 18.6. The van der Waals surface area contributed by atoms with E-state index in [1.165, 1.54) is 0 Å². The minimum absolute atomic E-state index is 0.232. The first-order chi connectivity index (χ1) is 17.2. The molecule has 35 heavy (non-hydrogen) atoms. The molecule has 0 saturated heterocycles. The summed E-state index contributed by atoms with van der Waals surface area (Å²) in [5, 5.41) is 11.9.